The van der Waals surface area contributed by atoms with Gasteiger partial charge in [0.2, 0.25) is 0 Å². The number of hydrogen-bond acceptors (Lipinski definition) is 8. The average molecular weight is 458 g/mol. The molecule has 3 aromatic rings. The molecule has 0 aliphatic heterocycles. The Kier molecular flexibility index (Phi) is 7.26. The first-order valence-corrected chi connectivity index (χ1v) is 10.4. The van der Waals surface area contributed by atoms with Crippen molar-refractivity contribution in [1.82, 2.24) is 4.57 Å². The normalized spacial score (nSPS) is 11.3. The number of methoxy groups -OCH3 is 3. The van der Waals surface area contributed by atoms with Crippen LogP contribution in [0.2, 0.25) is 0 Å². The van der Waals surface area contributed by atoms with Crippen molar-refractivity contribution in [3.05, 3.63) is 52.3 Å². The van der Waals surface area contributed by atoms with Crippen LogP contribution in [0, 0.1) is 0 Å². The number of esters is 2. The fourth-order valence-electron chi connectivity index (χ4n) is 3.05. The van der Waals surface area contributed by atoms with E-state index >= 15 is 0 Å². The first-order chi connectivity index (χ1) is 15.4. The number of carbonyl (C=O) groups is 3. The van der Waals surface area contributed by atoms with Gasteiger partial charge in [0.15, 0.2) is 4.80 Å². The summed E-state index contributed by atoms with van der Waals surface area (Å²) in [5.74, 6) is -0.958. The van der Waals surface area contributed by atoms with Gasteiger partial charge in [-0.3, -0.25) is 9.59 Å². The molecule has 32 heavy (non-hydrogen) atoms. The van der Waals surface area contributed by atoms with Crippen molar-refractivity contribution in [3.63, 3.8) is 0 Å². The van der Waals surface area contributed by atoms with Crippen molar-refractivity contribution in [2.45, 2.75) is 13.5 Å². The van der Waals surface area contributed by atoms with E-state index in [-0.39, 0.29) is 23.5 Å². The fraction of sp³-hybridized carbons (Fsp3) is 0.273. The second kappa shape index (κ2) is 10.1. The van der Waals surface area contributed by atoms with Crippen LogP contribution in [0.4, 0.5) is 0 Å². The van der Waals surface area contributed by atoms with E-state index in [4.69, 9.17) is 18.9 Å². The molecule has 0 unspecified atom stereocenters. The summed E-state index contributed by atoms with van der Waals surface area (Å²) in [6, 6.07) is 9.86. The number of benzene rings is 2. The van der Waals surface area contributed by atoms with Crippen molar-refractivity contribution in [1.29, 1.82) is 0 Å². The smallest absolute Gasteiger partial charge is 0.338 e. The fourth-order valence-corrected chi connectivity index (χ4v) is 4.12. The van der Waals surface area contributed by atoms with Crippen LogP contribution in [-0.4, -0.2) is 50.3 Å². The van der Waals surface area contributed by atoms with Gasteiger partial charge in [-0.2, -0.15) is 4.99 Å². The summed E-state index contributed by atoms with van der Waals surface area (Å²) in [5, 5.41) is 0. The summed E-state index contributed by atoms with van der Waals surface area (Å²) < 4.78 is 22.6. The highest BCUT2D eigenvalue weighted by Gasteiger charge is 2.20. The second-order valence-electron chi connectivity index (χ2n) is 6.40. The monoisotopic (exact) mass is 458 g/mol. The summed E-state index contributed by atoms with van der Waals surface area (Å²) in [5.41, 5.74) is 1.13. The van der Waals surface area contributed by atoms with Gasteiger partial charge in [0.1, 0.15) is 23.6 Å². The number of carbonyl (C=O) groups excluding carboxylic acids is 3. The number of amides is 1. The molecule has 1 aromatic heterocycles. The number of nitrogens with zero attached hydrogens (tertiary/aromatic N) is 2. The second-order valence-corrected chi connectivity index (χ2v) is 7.41. The molecule has 10 heteroatoms. The maximum absolute atomic E-state index is 13.1. The molecule has 0 fully saturated rings. The summed E-state index contributed by atoms with van der Waals surface area (Å²) in [6.45, 7) is 1.81. The van der Waals surface area contributed by atoms with Crippen molar-refractivity contribution < 1.29 is 33.3 Å². The van der Waals surface area contributed by atoms with Gasteiger partial charge in [-0.1, -0.05) is 17.4 Å². The van der Waals surface area contributed by atoms with Crippen LogP contribution >= 0.6 is 11.3 Å². The third kappa shape index (κ3) is 4.65. The predicted octanol–water partition coefficient (Wildman–Crippen LogP) is 2.81. The van der Waals surface area contributed by atoms with E-state index in [1.54, 1.807) is 47.9 Å². The number of thiazole rings is 1. The molecule has 9 nitrogen and oxygen atoms in total. The SMILES string of the molecule is CCOC(=O)c1ccc2c(c1)sc(=NC(=O)c1c(OC)cccc1OC)n2CC(=O)OC. The van der Waals surface area contributed by atoms with E-state index in [0.717, 1.165) is 11.3 Å². The van der Waals surface area contributed by atoms with Crippen molar-refractivity contribution in [2.75, 3.05) is 27.9 Å². The predicted molar refractivity (Wildman–Crippen MR) is 117 cm³/mol. The molecule has 1 heterocycles. The van der Waals surface area contributed by atoms with Crippen molar-refractivity contribution in [2.24, 2.45) is 4.99 Å². The van der Waals surface area contributed by atoms with Crippen LogP contribution in [0.15, 0.2) is 41.4 Å². The Morgan fingerprint density at radius 3 is 2.31 bits per heavy atom. The highest BCUT2D eigenvalue weighted by Crippen LogP contribution is 2.29. The van der Waals surface area contributed by atoms with Gasteiger partial charge in [-0.05, 0) is 37.3 Å². The standard InChI is InChI=1S/C22H22N2O7S/c1-5-31-21(27)13-9-10-14-17(11-13)32-22(24(14)12-18(25)30-4)23-20(26)19-15(28-2)7-6-8-16(19)29-3/h6-11H,5,12H2,1-4H3. The number of fused-ring (bicyclic) bond motifs is 1. The third-order valence-corrected chi connectivity index (χ3v) is 5.59. The van der Waals surface area contributed by atoms with Crippen LogP contribution in [0.1, 0.15) is 27.6 Å². The van der Waals surface area contributed by atoms with E-state index in [1.165, 1.54) is 21.3 Å². The topological polar surface area (TPSA) is 105 Å². The zero-order valence-electron chi connectivity index (χ0n) is 18.0. The Hall–Kier alpha value is -3.66. The van der Waals surface area contributed by atoms with E-state index in [0.29, 0.717) is 27.3 Å². The lowest BCUT2D eigenvalue weighted by atomic mass is 10.1. The third-order valence-electron chi connectivity index (χ3n) is 4.55. The molecule has 0 bridgehead atoms. The minimum Gasteiger partial charge on any atom is -0.496 e. The van der Waals surface area contributed by atoms with Gasteiger partial charge in [0, 0.05) is 0 Å². The first kappa shape index (κ1) is 23.0. The largest absolute Gasteiger partial charge is 0.496 e. The Labute approximate surface area is 187 Å². The molecule has 168 valence electrons. The molecule has 0 saturated heterocycles. The van der Waals surface area contributed by atoms with E-state index in [1.807, 2.05) is 0 Å². The van der Waals surface area contributed by atoms with Gasteiger partial charge in [0.05, 0.1) is 43.7 Å². The minimum absolute atomic E-state index is 0.159. The molecule has 1 amide bonds. The number of aromatic nitrogens is 1. The molecule has 0 N–H and O–H groups in total. The molecule has 0 aliphatic rings. The molecule has 0 atom stereocenters. The van der Waals surface area contributed by atoms with Crippen LogP contribution in [-0.2, 0) is 20.8 Å². The van der Waals surface area contributed by atoms with Gasteiger partial charge in [0.25, 0.3) is 5.91 Å². The molecule has 3 rings (SSSR count). The average Bonchev–Trinajstić information content (AvgIpc) is 3.14. The Morgan fingerprint density at radius 2 is 1.72 bits per heavy atom. The van der Waals surface area contributed by atoms with Crippen molar-refractivity contribution in [3.8, 4) is 11.5 Å². The van der Waals surface area contributed by atoms with Crippen LogP contribution in [0.5, 0.6) is 11.5 Å². The summed E-state index contributed by atoms with van der Waals surface area (Å²) in [7, 11) is 4.16. The molecular weight excluding hydrogens is 436 g/mol. The number of rotatable bonds is 7. The minimum atomic E-state index is -0.602. The van der Waals surface area contributed by atoms with Crippen LogP contribution < -0.4 is 14.3 Å². The Balaban J connectivity index is 2.19. The molecule has 0 aliphatic carbocycles. The quantitative estimate of drug-likeness (QED) is 0.501. The zero-order chi connectivity index (χ0) is 23.3. The van der Waals surface area contributed by atoms with Gasteiger partial charge in [-0.25, -0.2) is 4.79 Å². The van der Waals surface area contributed by atoms with Crippen LogP contribution in [0.3, 0.4) is 0 Å². The van der Waals surface area contributed by atoms with E-state index in [2.05, 4.69) is 4.99 Å². The van der Waals surface area contributed by atoms with Crippen molar-refractivity contribution >= 4 is 39.4 Å². The molecule has 0 radical (unpaired) electrons. The van der Waals surface area contributed by atoms with Gasteiger partial charge >= 0.3 is 11.9 Å². The maximum atomic E-state index is 13.1. The van der Waals surface area contributed by atoms with E-state index in [9.17, 15) is 14.4 Å². The molecule has 0 saturated carbocycles. The number of hydrogen-bond donors (Lipinski definition) is 0. The highest BCUT2D eigenvalue weighted by atomic mass is 32.1. The summed E-state index contributed by atoms with van der Waals surface area (Å²) in [4.78, 5) is 41.7. The first-order valence-electron chi connectivity index (χ1n) is 9.60. The zero-order valence-corrected chi connectivity index (χ0v) is 18.9. The van der Waals surface area contributed by atoms with E-state index < -0.39 is 17.8 Å². The lowest BCUT2D eigenvalue weighted by molar-refractivity contribution is -0.141. The highest BCUT2D eigenvalue weighted by molar-refractivity contribution is 7.16. The maximum Gasteiger partial charge on any atom is 0.338 e. The number of ether oxygens (including phenoxy) is 4. The molecular formula is C22H22N2O7S. The van der Waals surface area contributed by atoms with Gasteiger partial charge in [-0.15, -0.1) is 0 Å². The summed E-state index contributed by atoms with van der Waals surface area (Å²) >= 11 is 1.15. The molecule has 0 spiro atoms. The Bertz CT molecular complexity index is 1220. The van der Waals surface area contributed by atoms with Gasteiger partial charge < -0.3 is 23.5 Å². The Morgan fingerprint density at radius 1 is 1.03 bits per heavy atom. The summed E-state index contributed by atoms with van der Waals surface area (Å²) in [6.07, 6.45) is 0. The molecule has 2 aromatic carbocycles. The lowest BCUT2D eigenvalue weighted by Crippen LogP contribution is -2.22. The lowest BCUT2D eigenvalue weighted by Gasteiger charge is -2.09. The van der Waals surface area contributed by atoms with Crippen LogP contribution in [0.25, 0.3) is 10.2 Å².